The van der Waals surface area contributed by atoms with Crippen LogP contribution in [0.15, 0.2) is 12.3 Å². The van der Waals surface area contributed by atoms with Gasteiger partial charge in [-0.25, -0.2) is 4.98 Å². The largest absolute Gasteiger partial charge is 0.364 e. The number of hydrogen-bond donors (Lipinski definition) is 1. The summed E-state index contributed by atoms with van der Waals surface area (Å²) < 4.78 is 0. The summed E-state index contributed by atoms with van der Waals surface area (Å²) in [7, 11) is 0. The van der Waals surface area contributed by atoms with Crippen molar-refractivity contribution < 1.29 is 4.92 Å². The van der Waals surface area contributed by atoms with Crippen molar-refractivity contribution in [1.82, 2.24) is 4.98 Å². The summed E-state index contributed by atoms with van der Waals surface area (Å²) in [5.74, 6) is 0.840. The average molecular weight is 295 g/mol. The molecule has 0 amide bonds. The van der Waals surface area contributed by atoms with Crippen LogP contribution < -0.4 is 5.32 Å². The van der Waals surface area contributed by atoms with Crippen molar-refractivity contribution in [2.75, 3.05) is 11.9 Å². The number of pyridine rings is 1. The summed E-state index contributed by atoms with van der Waals surface area (Å²) in [6.45, 7) is 0.633. The first-order chi connectivity index (χ1) is 9.60. The molecule has 1 aromatic heterocycles. The molecule has 7 heteroatoms. The standard InChI is InChI=1S/C13H15ClN4O2/c14-11-5-12(18(19)20)13(17-8-11)16-7-10-3-1-9(6-15)2-4-10/h5,8-10H,1-4,7H2,(H,16,17). The Hall–Kier alpha value is -1.87. The molecule has 1 aliphatic carbocycles. The van der Waals surface area contributed by atoms with Gasteiger partial charge in [0, 0.05) is 24.7 Å². The molecule has 0 unspecified atom stereocenters. The Morgan fingerprint density at radius 2 is 2.20 bits per heavy atom. The Balaban J connectivity index is 1.95. The molecule has 20 heavy (non-hydrogen) atoms. The van der Waals surface area contributed by atoms with E-state index < -0.39 is 4.92 Å². The number of nitrogens with zero attached hydrogens (tertiary/aromatic N) is 3. The fourth-order valence-corrected chi connectivity index (χ4v) is 2.59. The maximum atomic E-state index is 10.9. The van der Waals surface area contributed by atoms with Crippen LogP contribution in [0, 0.1) is 33.3 Å². The fourth-order valence-electron chi connectivity index (χ4n) is 2.44. The highest BCUT2D eigenvalue weighted by atomic mass is 35.5. The summed E-state index contributed by atoms with van der Waals surface area (Å²) in [6, 6.07) is 3.59. The first-order valence-corrected chi connectivity index (χ1v) is 6.91. The third-order valence-corrected chi connectivity index (χ3v) is 3.83. The van der Waals surface area contributed by atoms with E-state index in [-0.39, 0.29) is 22.4 Å². The van der Waals surface area contributed by atoms with E-state index in [1.165, 1.54) is 12.3 Å². The van der Waals surface area contributed by atoms with Gasteiger partial charge in [0.15, 0.2) is 0 Å². The number of nitrogens with one attached hydrogen (secondary N) is 1. The highest BCUT2D eigenvalue weighted by molar-refractivity contribution is 6.30. The smallest absolute Gasteiger partial charge is 0.312 e. The number of rotatable bonds is 4. The predicted octanol–water partition coefficient (Wildman–Crippen LogP) is 3.39. The topological polar surface area (TPSA) is 91.8 Å². The molecule has 106 valence electrons. The SMILES string of the molecule is N#CC1CCC(CNc2ncc(Cl)cc2[N+](=O)[O-])CC1. The first kappa shape index (κ1) is 14.5. The molecule has 2 rings (SSSR count). The second-order valence-corrected chi connectivity index (χ2v) is 5.44. The molecule has 1 saturated carbocycles. The third kappa shape index (κ3) is 3.58. The Morgan fingerprint density at radius 3 is 2.80 bits per heavy atom. The Morgan fingerprint density at radius 1 is 1.50 bits per heavy atom. The maximum absolute atomic E-state index is 10.9. The van der Waals surface area contributed by atoms with Crippen molar-refractivity contribution in [3.63, 3.8) is 0 Å². The van der Waals surface area contributed by atoms with Gasteiger partial charge in [-0.05, 0) is 31.6 Å². The first-order valence-electron chi connectivity index (χ1n) is 6.53. The van der Waals surface area contributed by atoms with Crippen LogP contribution in [-0.2, 0) is 0 Å². The Kier molecular flexibility index (Phi) is 4.74. The molecule has 1 heterocycles. The molecule has 1 N–H and O–H groups in total. The minimum absolute atomic E-state index is 0.108. The summed E-state index contributed by atoms with van der Waals surface area (Å²) in [5.41, 5.74) is -0.108. The number of nitro groups is 1. The number of anilines is 1. The molecule has 0 saturated heterocycles. The molecule has 6 nitrogen and oxygen atoms in total. The normalized spacial score (nSPS) is 22.0. The van der Waals surface area contributed by atoms with Gasteiger partial charge in [-0.2, -0.15) is 5.26 Å². The lowest BCUT2D eigenvalue weighted by Gasteiger charge is -2.24. The highest BCUT2D eigenvalue weighted by Crippen LogP contribution is 2.30. The van der Waals surface area contributed by atoms with Gasteiger partial charge >= 0.3 is 5.69 Å². The van der Waals surface area contributed by atoms with E-state index in [4.69, 9.17) is 16.9 Å². The van der Waals surface area contributed by atoms with E-state index in [0.29, 0.717) is 12.5 Å². The van der Waals surface area contributed by atoms with Gasteiger partial charge < -0.3 is 5.32 Å². The number of hydrogen-bond acceptors (Lipinski definition) is 5. The van der Waals surface area contributed by atoms with Crippen LogP contribution in [0.2, 0.25) is 5.02 Å². The van der Waals surface area contributed by atoms with Crippen LogP contribution in [0.5, 0.6) is 0 Å². The lowest BCUT2D eigenvalue weighted by Crippen LogP contribution is -2.21. The molecular weight excluding hydrogens is 280 g/mol. The van der Waals surface area contributed by atoms with E-state index >= 15 is 0 Å². The molecular formula is C13H15ClN4O2. The maximum Gasteiger partial charge on any atom is 0.312 e. The summed E-state index contributed by atoms with van der Waals surface area (Å²) in [5, 5.41) is 23.1. The van der Waals surface area contributed by atoms with Gasteiger partial charge in [0.1, 0.15) is 0 Å². The average Bonchev–Trinajstić information content (AvgIpc) is 2.46. The molecule has 0 spiro atoms. The molecule has 0 aromatic carbocycles. The second-order valence-electron chi connectivity index (χ2n) is 5.01. The zero-order valence-electron chi connectivity index (χ0n) is 10.9. The van der Waals surface area contributed by atoms with Gasteiger partial charge in [0.2, 0.25) is 5.82 Å². The Bertz CT molecular complexity index is 536. The minimum Gasteiger partial charge on any atom is -0.364 e. The van der Waals surface area contributed by atoms with Crippen LogP contribution in [0.3, 0.4) is 0 Å². The van der Waals surface area contributed by atoms with Gasteiger partial charge in [0.05, 0.1) is 16.0 Å². The van der Waals surface area contributed by atoms with Crippen LogP contribution in [0.25, 0.3) is 0 Å². The van der Waals surface area contributed by atoms with E-state index in [0.717, 1.165) is 25.7 Å². The van der Waals surface area contributed by atoms with Gasteiger partial charge in [-0.3, -0.25) is 10.1 Å². The lowest BCUT2D eigenvalue weighted by molar-refractivity contribution is -0.384. The number of nitriles is 1. The second kappa shape index (κ2) is 6.53. The van der Waals surface area contributed by atoms with Gasteiger partial charge in [-0.15, -0.1) is 0 Å². The van der Waals surface area contributed by atoms with E-state index in [9.17, 15) is 10.1 Å². The fraction of sp³-hybridized carbons (Fsp3) is 0.538. The summed E-state index contributed by atoms with van der Waals surface area (Å²) in [6.07, 6.45) is 5.13. The highest BCUT2D eigenvalue weighted by Gasteiger charge is 2.22. The molecule has 1 fully saturated rings. The zero-order chi connectivity index (χ0) is 14.5. The number of halogens is 1. The summed E-state index contributed by atoms with van der Waals surface area (Å²) >= 11 is 5.72. The molecule has 0 atom stereocenters. The molecule has 0 radical (unpaired) electrons. The van der Waals surface area contributed by atoms with Crippen molar-refractivity contribution in [2.24, 2.45) is 11.8 Å². The van der Waals surface area contributed by atoms with Crippen molar-refractivity contribution in [3.8, 4) is 6.07 Å². The number of aromatic nitrogens is 1. The van der Waals surface area contributed by atoms with Crippen LogP contribution in [0.1, 0.15) is 25.7 Å². The van der Waals surface area contributed by atoms with Crippen LogP contribution >= 0.6 is 11.6 Å². The Labute approximate surface area is 121 Å². The van der Waals surface area contributed by atoms with Crippen LogP contribution in [0.4, 0.5) is 11.5 Å². The predicted molar refractivity (Wildman–Crippen MR) is 75.5 cm³/mol. The minimum atomic E-state index is -0.492. The van der Waals surface area contributed by atoms with E-state index in [2.05, 4.69) is 16.4 Å². The van der Waals surface area contributed by atoms with Crippen LogP contribution in [-0.4, -0.2) is 16.5 Å². The summed E-state index contributed by atoms with van der Waals surface area (Å²) in [4.78, 5) is 14.4. The van der Waals surface area contributed by atoms with Gasteiger partial charge in [0.25, 0.3) is 0 Å². The molecule has 0 aliphatic heterocycles. The molecule has 1 aromatic rings. The molecule has 1 aliphatic rings. The van der Waals surface area contributed by atoms with Gasteiger partial charge in [-0.1, -0.05) is 11.6 Å². The van der Waals surface area contributed by atoms with Crippen molar-refractivity contribution in [3.05, 3.63) is 27.4 Å². The van der Waals surface area contributed by atoms with E-state index in [1.807, 2.05) is 0 Å². The van der Waals surface area contributed by atoms with Crippen molar-refractivity contribution in [2.45, 2.75) is 25.7 Å². The molecule has 0 bridgehead atoms. The quantitative estimate of drug-likeness (QED) is 0.679. The zero-order valence-corrected chi connectivity index (χ0v) is 11.6. The van der Waals surface area contributed by atoms with E-state index in [1.54, 1.807) is 0 Å². The van der Waals surface area contributed by atoms with Crippen molar-refractivity contribution >= 4 is 23.1 Å². The van der Waals surface area contributed by atoms with Crippen molar-refractivity contribution in [1.29, 1.82) is 5.26 Å². The third-order valence-electron chi connectivity index (χ3n) is 3.62. The monoisotopic (exact) mass is 294 g/mol. The lowest BCUT2D eigenvalue weighted by atomic mass is 9.83.